The molecule has 0 unspecified atom stereocenters. The normalized spacial score (nSPS) is 15.7. The van der Waals surface area contributed by atoms with E-state index >= 15 is 0 Å². The topological polar surface area (TPSA) is 75.4 Å². The predicted molar refractivity (Wildman–Crippen MR) is 130 cm³/mol. The van der Waals surface area contributed by atoms with E-state index in [0.717, 1.165) is 37.8 Å². The highest BCUT2D eigenvalue weighted by Crippen LogP contribution is 2.38. The van der Waals surface area contributed by atoms with Gasteiger partial charge in [-0.2, -0.15) is 0 Å². The molecule has 3 N–H and O–H groups in total. The van der Waals surface area contributed by atoms with Crippen LogP contribution in [0.1, 0.15) is 58.5 Å². The second kappa shape index (κ2) is 9.04. The fourth-order valence-electron chi connectivity index (χ4n) is 4.83. The van der Waals surface area contributed by atoms with Gasteiger partial charge in [-0.1, -0.05) is 42.5 Å². The van der Waals surface area contributed by atoms with E-state index in [0.29, 0.717) is 29.6 Å². The second-order valence-electron chi connectivity index (χ2n) is 8.92. The lowest BCUT2D eigenvalue weighted by Gasteiger charge is -2.22. The van der Waals surface area contributed by atoms with E-state index in [2.05, 4.69) is 52.7 Å². The van der Waals surface area contributed by atoms with Gasteiger partial charge in [-0.15, -0.1) is 11.3 Å². The predicted octanol–water partition coefficient (Wildman–Crippen LogP) is 4.87. The van der Waals surface area contributed by atoms with E-state index in [1.54, 1.807) is 0 Å². The van der Waals surface area contributed by atoms with Crippen molar-refractivity contribution in [2.45, 2.75) is 57.5 Å². The molecule has 0 aliphatic heterocycles. The number of amides is 2. The van der Waals surface area contributed by atoms with Gasteiger partial charge in [-0.3, -0.25) is 14.5 Å². The number of nitrogens with two attached hydrogens (primary N) is 1. The first-order valence-electron chi connectivity index (χ1n) is 11.5. The minimum atomic E-state index is -0.435. The first kappa shape index (κ1) is 21.2. The van der Waals surface area contributed by atoms with Gasteiger partial charge in [0, 0.05) is 30.4 Å². The van der Waals surface area contributed by atoms with E-state index in [1.165, 1.54) is 45.4 Å². The monoisotopic (exact) mass is 447 g/mol. The molecular formula is C26H29N3O2S. The van der Waals surface area contributed by atoms with Crippen LogP contribution >= 0.6 is 11.3 Å². The number of carbonyl (C=O) groups excluding carboxylic acids is 2. The molecule has 5 nitrogen and oxygen atoms in total. The van der Waals surface area contributed by atoms with E-state index < -0.39 is 5.91 Å². The number of benzene rings is 2. The summed E-state index contributed by atoms with van der Waals surface area (Å²) in [6, 6.07) is 15.5. The molecule has 2 aromatic carbocycles. The Bertz CT molecular complexity index is 1160. The molecule has 2 aliphatic rings. The Morgan fingerprint density at radius 1 is 1.06 bits per heavy atom. The molecule has 166 valence electrons. The largest absolute Gasteiger partial charge is 0.365 e. The fraction of sp³-hybridized carbons (Fsp3) is 0.385. The van der Waals surface area contributed by atoms with Gasteiger partial charge in [-0.25, -0.2) is 0 Å². The number of hydrogen-bond acceptors (Lipinski definition) is 4. The minimum Gasteiger partial charge on any atom is -0.365 e. The van der Waals surface area contributed by atoms with Crippen molar-refractivity contribution in [1.29, 1.82) is 0 Å². The van der Waals surface area contributed by atoms with Crippen molar-refractivity contribution in [3.63, 3.8) is 0 Å². The molecule has 1 fully saturated rings. The zero-order valence-electron chi connectivity index (χ0n) is 18.2. The van der Waals surface area contributed by atoms with E-state index in [-0.39, 0.29) is 5.91 Å². The van der Waals surface area contributed by atoms with Crippen LogP contribution in [0.15, 0.2) is 42.5 Å². The Hall–Kier alpha value is -2.70. The lowest BCUT2D eigenvalue weighted by atomic mass is 9.95. The summed E-state index contributed by atoms with van der Waals surface area (Å²) in [4.78, 5) is 28.5. The first-order chi connectivity index (χ1) is 15.6. The fourth-order valence-corrected chi connectivity index (χ4v) is 6.14. The van der Waals surface area contributed by atoms with Crippen molar-refractivity contribution in [2.24, 2.45) is 5.73 Å². The van der Waals surface area contributed by atoms with E-state index in [9.17, 15) is 9.59 Å². The zero-order valence-corrected chi connectivity index (χ0v) is 19.0. The smallest absolute Gasteiger partial charge is 0.251 e. The molecule has 1 saturated carbocycles. The van der Waals surface area contributed by atoms with Crippen LogP contribution in [-0.4, -0.2) is 29.3 Å². The summed E-state index contributed by atoms with van der Waals surface area (Å²) in [7, 11) is 0. The van der Waals surface area contributed by atoms with Crippen LogP contribution in [0.2, 0.25) is 0 Å². The maximum atomic E-state index is 12.8. The highest BCUT2D eigenvalue weighted by molar-refractivity contribution is 7.17. The molecule has 0 saturated heterocycles. The molecule has 0 radical (unpaired) electrons. The number of rotatable bonds is 8. The maximum Gasteiger partial charge on any atom is 0.251 e. The van der Waals surface area contributed by atoms with Crippen LogP contribution in [0, 0.1) is 0 Å². The molecule has 1 aromatic heterocycles. The number of nitrogens with one attached hydrogen (secondary N) is 1. The van der Waals surface area contributed by atoms with Gasteiger partial charge in [0.2, 0.25) is 5.91 Å². The number of fused-ring (bicyclic) bond motifs is 2. The Morgan fingerprint density at radius 2 is 1.84 bits per heavy atom. The third-order valence-corrected chi connectivity index (χ3v) is 7.82. The van der Waals surface area contributed by atoms with Crippen molar-refractivity contribution in [2.75, 3.05) is 11.9 Å². The van der Waals surface area contributed by atoms with Gasteiger partial charge in [0.05, 0.1) is 5.56 Å². The molecule has 2 amide bonds. The third kappa shape index (κ3) is 4.43. The van der Waals surface area contributed by atoms with Gasteiger partial charge in [0.15, 0.2) is 0 Å². The number of thiophene rings is 1. The van der Waals surface area contributed by atoms with Gasteiger partial charge < -0.3 is 11.1 Å². The summed E-state index contributed by atoms with van der Waals surface area (Å²) >= 11 is 1.53. The molecule has 0 atom stereocenters. The lowest BCUT2D eigenvalue weighted by molar-refractivity contribution is -0.116. The third-order valence-electron chi connectivity index (χ3n) is 6.61. The Morgan fingerprint density at radius 3 is 2.66 bits per heavy atom. The SMILES string of the molecule is NC(=O)c1c(NC(=O)CCN(Cc2cccc3ccccc23)C2CC2)sc2c1CCCC2. The molecule has 2 aliphatic carbocycles. The van der Waals surface area contributed by atoms with Gasteiger partial charge in [0.1, 0.15) is 5.00 Å². The molecular weight excluding hydrogens is 418 g/mol. The average molecular weight is 448 g/mol. The number of hydrogen-bond donors (Lipinski definition) is 2. The van der Waals surface area contributed by atoms with Crippen LogP contribution in [0.3, 0.4) is 0 Å². The number of aryl methyl sites for hydroxylation is 1. The maximum absolute atomic E-state index is 12.8. The molecule has 3 aromatic rings. The molecule has 5 rings (SSSR count). The highest BCUT2D eigenvalue weighted by Gasteiger charge is 2.30. The number of nitrogens with zero attached hydrogens (tertiary/aromatic N) is 1. The number of primary amides is 1. The zero-order chi connectivity index (χ0) is 22.1. The Kier molecular flexibility index (Phi) is 5.98. The molecule has 6 heteroatoms. The summed E-state index contributed by atoms with van der Waals surface area (Å²) in [5.74, 6) is -0.482. The average Bonchev–Trinajstić information content (AvgIpc) is 3.57. The summed E-state index contributed by atoms with van der Waals surface area (Å²) < 4.78 is 0. The van der Waals surface area contributed by atoms with Crippen LogP contribution < -0.4 is 11.1 Å². The summed E-state index contributed by atoms with van der Waals surface area (Å²) in [5, 5.41) is 6.18. The van der Waals surface area contributed by atoms with Crippen LogP contribution in [0.25, 0.3) is 10.8 Å². The Labute approximate surface area is 192 Å². The first-order valence-corrected chi connectivity index (χ1v) is 12.4. The highest BCUT2D eigenvalue weighted by atomic mass is 32.1. The van der Waals surface area contributed by atoms with Gasteiger partial charge in [0.25, 0.3) is 5.91 Å². The van der Waals surface area contributed by atoms with Crippen molar-refractivity contribution in [3.8, 4) is 0 Å². The van der Waals surface area contributed by atoms with E-state index in [4.69, 9.17) is 5.73 Å². The summed E-state index contributed by atoms with van der Waals surface area (Å²) in [5.41, 5.74) is 8.56. The summed E-state index contributed by atoms with van der Waals surface area (Å²) in [6.07, 6.45) is 6.83. The van der Waals surface area contributed by atoms with Crippen molar-refractivity contribution >= 4 is 38.9 Å². The van der Waals surface area contributed by atoms with Crippen molar-refractivity contribution < 1.29 is 9.59 Å². The van der Waals surface area contributed by atoms with Crippen LogP contribution in [0.4, 0.5) is 5.00 Å². The number of carbonyl (C=O) groups is 2. The standard InChI is InChI=1S/C26H29N3O2S/c27-25(31)24-21-10-3-4-11-22(21)32-26(24)28-23(30)14-15-29(19-12-13-19)16-18-8-5-7-17-6-1-2-9-20(17)18/h1-2,5-9,19H,3-4,10-16H2,(H2,27,31)(H,28,30). The second-order valence-corrected chi connectivity index (χ2v) is 10.0. The minimum absolute atomic E-state index is 0.0466. The van der Waals surface area contributed by atoms with Crippen LogP contribution in [0.5, 0.6) is 0 Å². The van der Waals surface area contributed by atoms with E-state index in [1.807, 2.05) is 0 Å². The number of anilines is 1. The lowest BCUT2D eigenvalue weighted by Crippen LogP contribution is -2.29. The molecule has 32 heavy (non-hydrogen) atoms. The Balaban J connectivity index is 1.27. The molecule has 0 bridgehead atoms. The quantitative estimate of drug-likeness (QED) is 0.517. The molecule has 0 spiro atoms. The van der Waals surface area contributed by atoms with Gasteiger partial charge >= 0.3 is 0 Å². The molecule has 1 heterocycles. The van der Waals surface area contributed by atoms with Crippen molar-refractivity contribution in [3.05, 3.63) is 64.0 Å². The van der Waals surface area contributed by atoms with Gasteiger partial charge in [-0.05, 0) is 60.4 Å². The summed E-state index contributed by atoms with van der Waals surface area (Å²) in [6.45, 7) is 1.55. The van der Waals surface area contributed by atoms with Crippen LogP contribution in [-0.2, 0) is 24.2 Å². The van der Waals surface area contributed by atoms with Crippen molar-refractivity contribution in [1.82, 2.24) is 4.90 Å².